The summed E-state index contributed by atoms with van der Waals surface area (Å²) in [5, 5.41) is 26.9. The zero-order chi connectivity index (χ0) is 35.3. The fraction of sp³-hybridized carbons (Fsp3) is 0.639. The Bertz CT molecular complexity index is 1220. The van der Waals surface area contributed by atoms with Crippen molar-refractivity contribution in [3.63, 3.8) is 0 Å². The molecule has 268 valence electrons. The number of carboxylic acids is 2. The summed E-state index contributed by atoms with van der Waals surface area (Å²) in [6, 6.07) is 6.13. The van der Waals surface area contributed by atoms with E-state index in [9.17, 15) is 29.1 Å². The molecule has 0 heterocycles. The third kappa shape index (κ3) is 16.0. The van der Waals surface area contributed by atoms with Crippen LogP contribution in [0, 0.1) is 5.92 Å². The number of carboxylic acid groups (broad SMARTS) is 2. The Labute approximate surface area is 284 Å². The lowest BCUT2D eigenvalue weighted by atomic mass is 9.88. The predicted octanol–water partition coefficient (Wildman–Crippen LogP) is 3.31. The van der Waals surface area contributed by atoms with E-state index in [1.54, 1.807) is 0 Å². The van der Waals surface area contributed by atoms with Crippen molar-refractivity contribution in [2.75, 3.05) is 19.6 Å². The zero-order valence-corrected chi connectivity index (χ0v) is 28.5. The molecule has 48 heavy (non-hydrogen) atoms. The molecule has 4 atom stereocenters. The highest BCUT2D eigenvalue weighted by Crippen LogP contribution is 2.33. The number of hydrogen-bond acceptors (Lipinski definition) is 8. The highest BCUT2D eigenvalue weighted by atomic mass is 16.4. The lowest BCUT2D eigenvalue weighted by Crippen LogP contribution is -2.44. The first kappa shape index (κ1) is 40.6. The average molecular weight is 672 g/mol. The Morgan fingerprint density at radius 3 is 2.35 bits per heavy atom. The van der Waals surface area contributed by atoms with E-state index in [1.165, 1.54) is 19.3 Å². The van der Waals surface area contributed by atoms with Crippen LogP contribution in [0.25, 0.3) is 5.57 Å². The fourth-order valence-electron chi connectivity index (χ4n) is 5.87. The van der Waals surface area contributed by atoms with E-state index in [0.29, 0.717) is 12.8 Å². The molecule has 0 unspecified atom stereocenters. The van der Waals surface area contributed by atoms with Gasteiger partial charge in [-0.15, -0.1) is 0 Å². The second kappa shape index (κ2) is 22.9. The molecule has 0 bridgehead atoms. The summed E-state index contributed by atoms with van der Waals surface area (Å²) in [5.41, 5.74) is 15.7. The van der Waals surface area contributed by atoms with Gasteiger partial charge in [-0.1, -0.05) is 69.4 Å². The molecule has 0 spiro atoms. The average Bonchev–Trinajstić information content (AvgIpc) is 3.46. The number of unbranched alkanes of at least 4 members (excludes halogenated alkanes) is 4. The molecule has 0 saturated heterocycles. The number of nitrogens with one attached hydrogen (secondary N) is 3. The molecule has 0 aromatic heterocycles. The summed E-state index contributed by atoms with van der Waals surface area (Å²) in [6.07, 6.45) is 10.8. The standard InChI is InChI=1S/C36H57N5O7/c1-2-3-4-5-12-28(37)24-39-20-9-8-14-30(38)32(42)23-27(22-26-18-17-25-11-6-7-13-29(25)26)35(46)40-21-19-31(36(47)48)41-33(43)15-10-16-34(44)45/h6-7,11,13,18,27-28,30-31,39H,2-5,8-10,12,14-17,19-24,37-38H2,1H3,(H,40,46)(H,41,43)(H,44,45)(H,47,48)/t27-,28-,30-,31+/m0/s1. The maximum Gasteiger partial charge on any atom is 0.326 e. The molecule has 1 aromatic rings. The lowest BCUT2D eigenvalue weighted by Gasteiger charge is -2.21. The van der Waals surface area contributed by atoms with Crippen LogP contribution in [-0.2, 0) is 30.4 Å². The molecule has 12 nitrogen and oxygen atoms in total. The number of nitrogens with two attached hydrogens (primary N) is 2. The van der Waals surface area contributed by atoms with Crippen molar-refractivity contribution in [2.45, 2.75) is 121 Å². The number of hydrogen-bond donors (Lipinski definition) is 7. The second-order valence-corrected chi connectivity index (χ2v) is 12.9. The Hall–Kier alpha value is -3.61. The van der Waals surface area contributed by atoms with Gasteiger partial charge in [0, 0.05) is 44.3 Å². The molecule has 0 saturated carbocycles. The second-order valence-electron chi connectivity index (χ2n) is 12.9. The van der Waals surface area contributed by atoms with E-state index in [0.717, 1.165) is 61.9 Å². The van der Waals surface area contributed by atoms with Crippen molar-refractivity contribution in [3.8, 4) is 0 Å². The number of carbonyl (C=O) groups excluding carboxylic acids is 3. The lowest BCUT2D eigenvalue weighted by molar-refractivity contribution is -0.142. The van der Waals surface area contributed by atoms with Crippen molar-refractivity contribution in [2.24, 2.45) is 17.4 Å². The number of allylic oxidation sites excluding steroid dienone is 2. The molecular formula is C36H57N5O7. The van der Waals surface area contributed by atoms with E-state index in [1.807, 2.05) is 24.3 Å². The Morgan fingerprint density at radius 1 is 0.875 bits per heavy atom. The van der Waals surface area contributed by atoms with Crippen molar-refractivity contribution >= 4 is 35.1 Å². The van der Waals surface area contributed by atoms with Gasteiger partial charge in [0.25, 0.3) is 0 Å². The van der Waals surface area contributed by atoms with Gasteiger partial charge in [0.2, 0.25) is 11.8 Å². The van der Waals surface area contributed by atoms with Crippen LogP contribution in [0.2, 0.25) is 0 Å². The number of carbonyl (C=O) groups is 5. The van der Waals surface area contributed by atoms with E-state index in [-0.39, 0.29) is 56.4 Å². The predicted molar refractivity (Wildman–Crippen MR) is 186 cm³/mol. The Balaban J connectivity index is 1.88. The summed E-state index contributed by atoms with van der Waals surface area (Å²) in [5.74, 6) is -4.15. The summed E-state index contributed by atoms with van der Waals surface area (Å²) in [7, 11) is 0. The van der Waals surface area contributed by atoms with Crippen LogP contribution in [0.3, 0.4) is 0 Å². The van der Waals surface area contributed by atoms with Gasteiger partial charge in [0.1, 0.15) is 11.8 Å². The van der Waals surface area contributed by atoms with Crippen LogP contribution in [0.15, 0.2) is 30.3 Å². The summed E-state index contributed by atoms with van der Waals surface area (Å²) in [6.45, 7) is 3.71. The van der Waals surface area contributed by atoms with Crippen molar-refractivity contribution in [3.05, 3.63) is 41.5 Å². The van der Waals surface area contributed by atoms with Crippen molar-refractivity contribution in [1.29, 1.82) is 0 Å². The van der Waals surface area contributed by atoms with Gasteiger partial charge < -0.3 is 37.6 Å². The molecule has 12 heteroatoms. The monoisotopic (exact) mass is 671 g/mol. The quantitative estimate of drug-likeness (QED) is 0.0678. The number of amides is 2. The third-order valence-electron chi connectivity index (χ3n) is 8.74. The van der Waals surface area contributed by atoms with Crippen LogP contribution in [0.5, 0.6) is 0 Å². The zero-order valence-electron chi connectivity index (χ0n) is 28.5. The summed E-state index contributed by atoms with van der Waals surface area (Å²) < 4.78 is 0. The first-order valence-corrected chi connectivity index (χ1v) is 17.5. The van der Waals surface area contributed by atoms with Crippen LogP contribution in [0.4, 0.5) is 0 Å². The maximum atomic E-state index is 13.4. The fourth-order valence-corrected chi connectivity index (χ4v) is 5.87. The molecule has 9 N–H and O–H groups in total. The largest absolute Gasteiger partial charge is 0.481 e. The van der Waals surface area contributed by atoms with Gasteiger partial charge in [-0.25, -0.2) is 4.79 Å². The third-order valence-corrected chi connectivity index (χ3v) is 8.74. The minimum atomic E-state index is -1.26. The number of ketones is 1. The number of fused-ring (bicyclic) bond motifs is 1. The van der Waals surface area contributed by atoms with Crippen LogP contribution in [0.1, 0.15) is 108 Å². The molecule has 2 amide bonds. The summed E-state index contributed by atoms with van der Waals surface area (Å²) in [4.78, 5) is 61.2. The van der Waals surface area contributed by atoms with Gasteiger partial charge in [-0.05, 0) is 68.2 Å². The SMILES string of the molecule is CCCCCC[C@H](N)CNCCCC[C@H](N)C(=O)C[C@H](CC1=CCc2ccccc21)C(=O)NCC[C@@H](NC(=O)CCCC(=O)O)C(=O)O. The Morgan fingerprint density at radius 2 is 1.62 bits per heavy atom. The number of benzene rings is 1. The number of aliphatic carboxylic acids is 2. The number of rotatable bonds is 27. The Kier molecular flexibility index (Phi) is 19.3. The normalized spacial score (nSPS) is 14.7. The van der Waals surface area contributed by atoms with Crippen molar-refractivity contribution in [1.82, 2.24) is 16.0 Å². The molecule has 1 aromatic carbocycles. The minimum Gasteiger partial charge on any atom is -0.481 e. The molecule has 0 radical (unpaired) electrons. The van der Waals surface area contributed by atoms with Crippen LogP contribution in [-0.4, -0.2) is 77.5 Å². The smallest absolute Gasteiger partial charge is 0.326 e. The van der Waals surface area contributed by atoms with E-state index in [2.05, 4.69) is 29.0 Å². The van der Waals surface area contributed by atoms with Gasteiger partial charge in [0.15, 0.2) is 0 Å². The molecule has 0 aliphatic heterocycles. The first-order valence-electron chi connectivity index (χ1n) is 17.5. The highest BCUT2D eigenvalue weighted by molar-refractivity contribution is 5.91. The topological polar surface area (TPSA) is 214 Å². The highest BCUT2D eigenvalue weighted by Gasteiger charge is 2.28. The van der Waals surface area contributed by atoms with Gasteiger partial charge in [0.05, 0.1) is 6.04 Å². The molecule has 1 aliphatic rings. The van der Waals surface area contributed by atoms with Crippen LogP contribution >= 0.6 is 0 Å². The van der Waals surface area contributed by atoms with E-state index >= 15 is 0 Å². The van der Waals surface area contributed by atoms with Gasteiger partial charge in [-0.3, -0.25) is 19.2 Å². The first-order chi connectivity index (χ1) is 23.0. The number of Topliss-reactive ketones (excluding diaryl/α,β-unsaturated/α-hetero) is 1. The summed E-state index contributed by atoms with van der Waals surface area (Å²) >= 11 is 0. The van der Waals surface area contributed by atoms with Crippen LogP contribution < -0.4 is 27.4 Å². The maximum absolute atomic E-state index is 13.4. The van der Waals surface area contributed by atoms with E-state index in [4.69, 9.17) is 16.6 Å². The van der Waals surface area contributed by atoms with E-state index < -0.39 is 35.8 Å². The molecule has 2 rings (SSSR count). The van der Waals surface area contributed by atoms with Gasteiger partial charge >= 0.3 is 11.9 Å². The molecular weight excluding hydrogens is 614 g/mol. The van der Waals surface area contributed by atoms with Crippen molar-refractivity contribution < 1.29 is 34.2 Å². The molecule has 1 aliphatic carbocycles. The van der Waals surface area contributed by atoms with Gasteiger partial charge in [-0.2, -0.15) is 0 Å². The minimum absolute atomic E-state index is 0.0347. The molecule has 0 fully saturated rings.